The van der Waals surface area contributed by atoms with Gasteiger partial charge in [0.1, 0.15) is 0 Å². The quantitative estimate of drug-likeness (QED) is 0.688. The lowest BCUT2D eigenvalue weighted by molar-refractivity contribution is 0.881. The van der Waals surface area contributed by atoms with Crippen LogP contribution in [0.5, 0.6) is 0 Å². The largest absolute Gasteiger partial charge is 0.334 e. The van der Waals surface area contributed by atoms with Crippen LogP contribution in [0.3, 0.4) is 0 Å². The van der Waals surface area contributed by atoms with Gasteiger partial charge in [0.2, 0.25) is 0 Å². The molecule has 0 atom stereocenters. The first-order chi connectivity index (χ1) is 6.56. The molecule has 74 valence electrons. The van der Waals surface area contributed by atoms with Crippen molar-refractivity contribution >= 4 is 19.1 Å². The molecule has 0 unspecified atom stereocenters. The highest BCUT2D eigenvalue weighted by Crippen LogP contribution is 2.14. The molecule has 2 aromatic rings. The van der Waals surface area contributed by atoms with Gasteiger partial charge in [-0.3, -0.25) is 0 Å². The molecule has 0 bridgehead atoms. The third-order valence-electron chi connectivity index (χ3n) is 2.17. The number of fused-ring (bicyclic) bond motifs is 1. The Morgan fingerprint density at radius 1 is 1.21 bits per heavy atom. The van der Waals surface area contributed by atoms with Crippen molar-refractivity contribution in [2.75, 3.05) is 0 Å². The minimum atomic E-state index is -1.06. The first-order valence-corrected chi connectivity index (χ1v) is 8.67. The first kappa shape index (κ1) is 9.46. The molecule has 0 N–H and O–H groups in total. The maximum Gasteiger partial charge on any atom is 0.0955 e. The number of benzene rings is 1. The normalized spacial score (nSPS) is 12.2. The molecule has 2 nitrogen and oxygen atoms in total. The van der Waals surface area contributed by atoms with E-state index in [0.29, 0.717) is 0 Å². The number of imidazole rings is 1. The Morgan fingerprint density at radius 2 is 1.93 bits per heavy atom. The van der Waals surface area contributed by atoms with Crippen molar-refractivity contribution in [2.45, 2.75) is 25.8 Å². The van der Waals surface area contributed by atoms with Crippen molar-refractivity contribution in [1.29, 1.82) is 0 Å². The number of para-hydroxylation sites is 2. The third-order valence-corrected chi connectivity index (χ3v) is 3.46. The molecule has 0 aliphatic rings. The lowest BCUT2D eigenvalue weighted by atomic mass is 10.3. The number of nitrogens with zero attached hydrogens (tertiary/aromatic N) is 2. The SMILES string of the molecule is C[Si](C)(C)Cn1cnc2ccccc21. The molecule has 1 aromatic carbocycles. The van der Waals surface area contributed by atoms with Crippen LogP contribution in [0.15, 0.2) is 30.6 Å². The molecule has 0 saturated heterocycles. The average molecular weight is 204 g/mol. The summed E-state index contributed by atoms with van der Waals surface area (Å²) in [6.07, 6.45) is 3.11. The molecule has 0 radical (unpaired) electrons. The van der Waals surface area contributed by atoms with E-state index in [2.05, 4.69) is 47.4 Å². The van der Waals surface area contributed by atoms with E-state index >= 15 is 0 Å². The van der Waals surface area contributed by atoms with Crippen LogP contribution < -0.4 is 0 Å². The fraction of sp³-hybridized carbons (Fsp3) is 0.364. The van der Waals surface area contributed by atoms with Crippen LogP contribution in [0.1, 0.15) is 0 Å². The molecule has 0 amide bonds. The standard InChI is InChI=1S/C11H16N2Si/c1-14(2,3)9-13-8-12-10-6-4-5-7-11(10)13/h4-8H,9H2,1-3H3. The molecule has 1 heterocycles. The summed E-state index contributed by atoms with van der Waals surface area (Å²) in [5.74, 6) is 0. The maximum absolute atomic E-state index is 4.39. The smallest absolute Gasteiger partial charge is 0.0955 e. The highest BCUT2D eigenvalue weighted by Gasteiger charge is 2.14. The predicted molar refractivity (Wildman–Crippen MR) is 63.1 cm³/mol. The van der Waals surface area contributed by atoms with Crippen LogP contribution in [0.4, 0.5) is 0 Å². The van der Waals surface area contributed by atoms with Crippen LogP contribution in [0, 0.1) is 0 Å². The van der Waals surface area contributed by atoms with Gasteiger partial charge in [-0.2, -0.15) is 0 Å². The van der Waals surface area contributed by atoms with Crippen molar-refractivity contribution in [3.05, 3.63) is 30.6 Å². The van der Waals surface area contributed by atoms with Crippen LogP contribution in [0.2, 0.25) is 19.6 Å². The molecule has 0 fully saturated rings. The Labute approximate surface area is 85.6 Å². The van der Waals surface area contributed by atoms with Gasteiger partial charge >= 0.3 is 0 Å². The zero-order chi connectivity index (χ0) is 10.2. The molecular weight excluding hydrogens is 188 g/mol. The second kappa shape index (κ2) is 3.24. The molecule has 2 rings (SSSR count). The van der Waals surface area contributed by atoms with E-state index in [0.717, 1.165) is 11.7 Å². The monoisotopic (exact) mass is 204 g/mol. The Bertz CT molecular complexity index is 440. The molecular formula is C11H16N2Si. The van der Waals surface area contributed by atoms with Gasteiger partial charge in [-0.25, -0.2) is 4.98 Å². The minimum Gasteiger partial charge on any atom is -0.334 e. The van der Waals surface area contributed by atoms with Crippen LogP contribution in [0.25, 0.3) is 11.0 Å². The van der Waals surface area contributed by atoms with Crippen LogP contribution in [-0.2, 0) is 6.17 Å². The van der Waals surface area contributed by atoms with Crippen LogP contribution >= 0.6 is 0 Å². The van der Waals surface area contributed by atoms with Gasteiger partial charge in [0, 0.05) is 6.17 Å². The number of hydrogen-bond donors (Lipinski definition) is 0. The van der Waals surface area contributed by atoms with E-state index < -0.39 is 8.07 Å². The van der Waals surface area contributed by atoms with E-state index in [9.17, 15) is 0 Å². The summed E-state index contributed by atoms with van der Waals surface area (Å²) in [7, 11) is -1.06. The second-order valence-electron chi connectivity index (χ2n) is 4.92. The Kier molecular flexibility index (Phi) is 2.19. The third kappa shape index (κ3) is 1.87. The summed E-state index contributed by atoms with van der Waals surface area (Å²) in [6.45, 7) is 7.13. The minimum absolute atomic E-state index is 1.06. The van der Waals surface area contributed by atoms with E-state index in [1.165, 1.54) is 5.52 Å². The average Bonchev–Trinajstić information content (AvgIpc) is 2.47. The van der Waals surface area contributed by atoms with E-state index in [1.807, 2.05) is 12.4 Å². The van der Waals surface area contributed by atoms with Gasteiger partial charge in [0.25, 0.3) is 0 Å². The zero-order valence-electron chi connectivity index (χ0n) is 8.99. The maximum atomic E-state index is 4.39. The molecule has 14 heavy (non-hydrogen) atoms. The van der Waals surface area contributed by atoms with E-state index in [4.69, 9.17) is 0 Å². The first-order valence-electron chi connectivity index (χ1n) is 4.96. The van der Waals surface area contributed by atoms with Gasteiger partial charge in [-0.05, 0) is 12.1 Å². The summed E-state index contributed by atoms with van der Waals surface area (Å²) < 4.78 is 2.28. The fourth-order valence-electron chi connectivity index (χ4n) is 1.65. The topological polar surface area (TPSA) is 17.8 Å². The summed E-state index contributed by atoms with van der Waals surface area (Å²) >= 11 is 0. The number of rotatable bonds is 2. The van der Waals surface area contributed by atoms with Gasteiger partial charge < -0.3 is 4.57 Å². The van der Waals surface area contributed by atoms with Gasteiger partial charge in [-0.15, -0.1) is 0 Å². The van der Waals surface area contributed by atoms with E-state index in [1.54, 1.807) is 0 Å². The summed E-state index contributed by atoms with van der Waals surface area (Å²) in [5, 5.41) is 0. The summed E-state index contributed by atoms with van der Waals surface area (Å²) in [6, 6.07) is 8.32. The predicted octanol–water partition coefficient (Wildman–Crippen LogP) is 2.91. The molecule has 0 spiro atoms. The van der Waals surface area contributed by atoms with Gasteiger partial charge in [0.15, 0.2) is 0 Å². The van der Waals surface area contributed by atoms with Gasteiger partial charge in [0.05, 0.1) is 25.4 Å². The number of aromatic nitrogens is 2. The highest BCUT2D eigenvalue weighted by molar-refractivity contribution is 6.75. The van der Waals surface area contributed by atoms with Crippen molar-refractivity contribution in [1.82, 2.24) is 9.55 Å². The lowest BCUT2D eigenvalue weighted by Gasteiger charge is -2.16. The Hall–Kier alpha value is -1.09. The summed E-state index contributed by atoms with van der Waals surface area (Å²) in [4.78, 5) is 4.39. The van der Waals surface area contributed by atoms with Crippen LogP contribution in [-0.4, -0.2) is 17.6 Å². The number of hydrogen-bond acceptors (Lipinski definition) is 1. The van der Waals surface area contributed by atoms with Crippen molar-refractivity contribution in [3.8, 4) is 0 Å². The Morgan fingerprint density at radius 3 is 2.64 bits per heavy atom. The molecule has 0 aliphatic carbocycles. The Balaban J connectivity index is 2.44. The van der Waals surface area contributed by atoms with Crippen molar-refractivity contribution in [2.24, 2.45) is 0 Å². The van der Waals surface area contributed by atoms with Crippen molar-refractivity contribution in [3.63, 3.8) is 0 Å². The molecule has 0 saturated carbocycles. The molecule has 1 aromatic heterocycles. The second-order valence-corrected chi connectivity index (χ2v) is 10.4. The summed E-state index contributed by atoms with van der Waals surface area (Å²) in [5.41, 5.74) is 2.36. The van der Waals surface area contributed by atoms with Crippen molar-refractivity contribution < 1.29 is 0 Å². The lowest BCUT2D eigenvalue weighted by Crippen LogP contribution is -2.27. The van der Waals surface area contributed by atoms with E-state index in [-0.39, 0.29) is 0 Å². The molecule has 0 aliphatic heterocycles. The highest BCUT2D eigenvalue weighted by atomic mass is 28.3. The van der Waals surface area contributed by atoms with Gasteiger partial charge in [-0.1, -0.05) is 31.8 Å². The zero-order valence-corrected chi connectivity index (χ0v) is 9.99. The molecule has 3 heteroatoms. The fourth-order valence-corrected chi connectivity index (χ4v) is 2.92.